The van der Waals surface area contributed by atoms with Crippen molar-refractivity contribution in [2.45, 2.75) is 29.4 Å². The Morgan fingerprint density at radius 3 is 2.85 bits per heavy atom. The number of imidazole rings is 1. The van der Waals surface area contributed by atoms with Gasteiger partial charge in [-0.15, -0.1) is 0 Å². The lowest BCUT2D eigenvalue weighted by Crippen LogP contribution is -2.17. The Bertz CT molecular complexity index is 1410. The maximum absolute atomic E-state index is 13.8. The molecule has 0 unspecified atom stereocenters. The number of amides is 1. The third-order valence-electron chi connectivity index (χ3n) is 4.84. The van der Waals surface area contributed by atoms with Crippen molar-refractivity contribution in [3.63, 3.8) is 0 Å². The number of nitro groups is 1. The molecule has 2 heterocycles. The summed E-state index contributed by atoms with van der Waals surface area (Å²) in [5.74, 6) is -1.50. The highest BCUT2D eigenvalue weighted by molar-refractivity contribution is 7.99. The molecule has 2 aromatic heterocycles. The van der Waals surface area contributed by atoms with Gasteiger partial charge < -0.3 is 14.3 Å². The van der Waals surface area contributed by atoms with Crippen LogP contribution in [0.25, 0.3) is 11.1 Å². The molecule has 4 aromatic rings. The Morgan fingerprint density at radius 2 is 2.12 bits per heavy atom. The van der Waals surface area contributed by atoms with Gasteiger partial charge in [-0.2, -0.15) is 0 Å². The van der Waals surface area contributed by atoms with E-state index in [1.165, 1.54) is 46.7 Å². The van der Waals surface area contributed by atoms with Gasteiger partial charge in [-0.25, -0.2) is 14.2 Å². The summed E-state index contributed by atoms with van der Waals surface area (Å²) in [6.45, 7) is 0.176. The molecule has 2 aromatic carbocycles. The number of aryl methyl sites for hydroxylation is 2. The smallest absolute Gasteiger partial charge is 0.407 e. The predicted octanol–water partition coefficient (Wildman–Crippen LogP) is 3.95. The molecule has 0 aliphatic rings. The summed E-state index contributed by atoms with van der Waals surface area (Å²) in [5.41, 5.74) is 0.655. The first-order valence-corrected chi connectivity index (χ1v) is 10.7. The van der Waals surface area contributed by atoms with Crippen LogP contribution < -0.4 is 11.1 Å². The quantitative estimate of drug-likeness (QED) is 0.305. The number of rotatable bonds is 8. The number of nitrogens with one attached hydrogen (secondary N) is 1. The van der Waals surface area contributed by atoms with Crippen molar-refractivity contribution < 1.29 is 18.5 Å². The number of carbonyl (C=O) groups excluding carboxylic acids is 1. The normalized spacial score (nSPS) is 11.1. The lowest BCUT2D eigenvalue weighted by Gasteiger charge is -2.11. The lowest BCUT2D eigenvalue weighted by atomic mass is 10.2. The lowest BCUT2D eigenvalue weighted by molar-refractivity contribution is -0.384. The molecule has 4 rings (SSSR count). The molecule has 0 atom stereocenters. The monoisotopic (exact) mass is 471 g/mol. The van der Waals surface area contributed by atoms with Gasteiger partial charge >= 0.3 is 5.76 Å². The Hall–Kier alpha value is -3.93. The minimum atomic E-state index is -0.662. The molecule has 170 valence electrons. The molecule has 12 heteroatoms. The number of carbonyl (C=O) groups is 1. The van der Waals surface area contributed by atoms with E-state index in [2.05, 4.69) is 10.3 Å². The van der Waals surface area contributed by atoms with E-state index >= 15 is 0 Å². The van der Waals surface area contributed by atoms with Crippen LogP contribution in [0.1, 0.15) is 12.8 Å². The number of hydrogen-bond donors (Lipinski definition) is 1. The third kappa shape index (κ3) is 4.95. The molecule has 0 saturated carbocycles. The van der Waals surface area contributed by atoms with E-state index in [1.807, 2.05) is 7.05 Å². The summed E-state index contributed by atoms with van der Waals surface area (Å²) >= 11 is 1.29. The summed E-state index contributed by atoms with van der Waals surface area (Å²) in [5, 5.41) is 14.3. The van der Waals surface area contributed by atoms with Gasteiger partial charge in [0.05, 0.1) is 22.2 Å². The van der Waals surface area contributed by atoms with E-state index < -0.39 is 16.5 Å². The summed E-state index contributed by atoms with van der Waals surface area (Å²) < 4.78 is 22.0. The number of benzene rings is 2. The summed E-state index contributed by atoms with van der Waals surface area (Å²) in [6, 6.07) is 8.02. The van der Waals surface area contributed by atoms with Gasteiger partial charge in [0.15, 0.2) is 10.7 Å². The first-order chi connectivity index (χ1) is 15.8. The van der Waals surface area contributed by atoms with E-state index in [9.17, 15) is 24.1 Å². The van der Waals surface area contributed by atoms with Gasteiger partial charge in [0.2, 0.25) is 5.91 Å². The van der Waals surface area contributed by atoms with Crippen LogP contribution in [-0.4, -0.2) is 24.9 Å². The average molecular weight is 471 g/mol. The van der Waals surface area contributed by atoms with Crippen LogP contribution >= 0.6 is 11.8 Å². The number of fused-ring (bicyclic) bond motifs is 1. The average Bonchev–Trinajstić information content (AvgIpc) is 3.31. The Balaban J connectivity index is 1.42. The van der Waals surface area contributed by atoms with E-state index in [1.54, 1.807) is 23.0 Å². The van der Waals surface area contributed by atoms with Gasteiger partial charge in [0.1, 0.15) is 5.82 Å². The van der Waals surface area contributed by atoms with Crippen LogP contribution in [0.15, 0.2) is 68.1 Å². The highest BCUT2D eigenvalue weighted by Gasteiger charge is 2.15. The molecule has 1 amide bonds. The molecule has 0 fully saturated rings. The topological polar surface area (TPSA) is 125 Å². The number of non-ortho nitro benzene ring substituents is 1. The maximum Gasteiger partial charge on any atom is 0.419 e. The fraction of sp³-hybridized carbons (Fsp3) is 0.190. The summed E-state index contributed by atoms with van der Waals surface area (Å²) in [6.07, 6.45) is 3.79. The zero-order valence-electron chi connectivity index (χ0n) is 17.4. The van der Waals surface area contributed by atoms with Crippen LogP contribution in [0, 0.1) is 15.9 Å². The molecule has 0 saturated heterocycles. The number of oxazole rings is 1. The SMILES string of the molecule is Cn1ccnc1Sc1ccc(F)cc1NC(=O)CCCn1c(=O)oc2cc([N+](=O)[O-])ccc21. The Labute approximate surface area is 190 Å². The van der Waals surface area contributed by atoms with Crippen molar-refractivity contribution in [2.75, 3.05) is 5.32 Å². The number of nitrogens with zero attached hydrogens (tertiary/aromatic N) is 4. The van der Waals surface area contributed by atoms with E-state index in [0.29, 0.717) is 27.7 Å². The highest BCUT2D eigenvalue weighted by atomic mass is 32.2. The van der Waals surface area contributed by atoms with Crippen molar-refractivity contribution in [1.82, 2.24) is 14.1 Å². The zero-order chi connectivity index (χ0) is 23.5. The second-order valence-electron chi connectivity index (χ2n) is 7.14. The first kappa shape index (κ1) is 22.3. The summed E-state index contributed by atoms with van der Waals surface area (Å²) in [7, 11) is 1.83. The fourth-order valence-corrected chi connectivity index (χ4v) is 4.10. The minimum Gasteiger partial charge on any atom is -0.407 e. The molecule has 33 heavy (non-hydrogen) atoms. The van der Waals surface area contributed by atoms with Gasteiger partial charge in [-0.05, 0) is 42.4 Å². The number of aromatic nitrogens is 3. The number of anilines is 1. The Kier molecular flexibility index (Phi) is 6.27. The summed E-state index contributed by atoms with van der Waals surface area (Å²) in [4.78, 5) is 39.8. The maximum atomic E-state index is 13.8. The van der Waals surface area contributed by atoms with Crippen molar-refractivity contribution in [3.8, 4) is 0 Å². The van der Waals surface area contributed by atoms with Gasteiger partial charge in [0.25, 0.3) is 5.69 Å². The van der Waals surface area contributed by atoms with Gasteiger partial charge in [0, 0.05) is 43.4 Å². The number of hydrogen-bond acceptors (Lipinski definition) is 7. The van der Waals surface area contributed by atoms with E-state index in [4.69, 9.17) is 4.42 Å². The van der Waals surface area contributed by atoms with Gasteiger partial charge in [-0.3, -0.25) is 19.5 Å². The van der Waals surface area contributed by atoms with Crippen LogP contribution in [0.2, 0.25) is 0 Å². The van der Waals surface area contributed by atoms with Crippen LogP contribution in [0.4, 0.5) is 15.8 Å². The second kappa shape index (κ2) is 9.28. The van der Waals surface area contributed by atoms with Crippen molar-refractivity contribution >= 4 is 40.1 Å². The molecule has 0 aliphatic carbocycles. The molecule has 1 N–H and O–H groups in total. The zero-order valence-corrected chi connectivity index (χ0v) is 18.2. The molecular weight excluding hydrogens is 453 g/mol. The highest BCUT2D eigenvalue weighted by Crippen LogP contribution is 2.33. The third-order valence-corrected chi connectivity index (χ3v) is 5.99. The van der Waals surface area contributed by atoms with Crippen molar-refractivity contribution in [1.29, 1.82) is 0 Å². The molecule has 0 bridgehead atoms. The van der Waals surface area contributed by atoms with Crippen LogP contribution in [0.3, 0.4) is 0 Å². The largest absolute Gasteiger partial charge is 0.419 e. The number of halogens is 1. The van der Waals surface area contributed by atoms with E-state index in [0.717, 1.165) is 0 Å². The molecule has 0 aliphatic heterocycles. The van der Waals surface area contributed by atoms with Crippen LogP contribution in [-0.2, 0) is 18.4 Å². The first-order valence-electron chi connectivity index (χ1n) is 9.84. The second-order valence-corrected chi connectivity index (χ2v) is 8.15. The Morgan fingerprint density at radius 1 is 1.30 bits per heavy atom. The van der Waals surface area contributed by atoms with Crippen molar-refractivity contribution in [3.05, 3.63) is 75.3 Å². The minimum absolute atomic E-state index is 0.0646. The van der Waals surface area contributed by atoms with Gasteiger partial charge in [-0.1, -0.05) is 0 Å². The van der Waals surface area contributed by atoms with E-state index in [-0.39, 0.29) is 30.1 Å². The number of nitro benzene ring substituents is 1. The molecule has 10 nitrogen and oxygen atoms in total. The molecule has 0 spiro atoms. The molecule has 0 radical (unpaired) electrons. The standard InChI is InChI=1S/C21H18FN5O5S/c1-25-10-8-23-20(25)33-18-7-4-13(22)11-15(18)24-19(28)3-2-9-26-16-6-5-14(27(30)31)12-17(16)32-21(26)29/h4-8,10-12H,2-3,9H2,1H3,(H,24,28). The predicted molar refractivity (Wildman–Crippen MR) is 119 cm³/mol. The fourth-order valence-electron chi connectivity index (χ4n) is 3.23. The van der Waals surface area contributed by atoms with Crippen LogP contribution in [0.5, 0.6) is 0 Å². The van der Waals surface area contributed by atoms with Crippen molar-refractivity contribution in [2.24, 2.45) is 7.05 Å². The molecular formula is C21H18FN5O5S.